The molecule has 1 aromatic heterocycles. The second-order valence-corrected chi connectivity index (χ2v) is 8.63. The predicted octanol–water partition coefficient (Wildman–Crippen LogP) is 4.84. The molecular weight excluding hydrogens is 398 g/mol. The fraction of sp³-hybridized carbons (Fsp3) is 0.333. The number of likely N-dealkylation sites (tertiary alicyclic amines) is 1. The molecule has 0 saturated carbocycles. The number of aryl methyl sites for hydroxylation is 2. The highest BCUT2D eigenvalue weighted by molar-refractivity contribution is 5.95. The number of hydrogen-bond donors (Lipinski definition) is 1. The minimum Gasteiger partial charge on any atom is -0.488 e. The lowest BCUT2D eigenvalue weighted by atomic mass is 10.0. The van der Waals surface area contributed by atoms with Gasteiger partial charge in [-0.25, -0.2) is 0 Å². The summed E-state index contributed by atoms with van der Waals surface area (Å²) in [5, 5.41) is 3.23. The van der Waals surface area contributed by atoms with Gasteiger partial charge in [-0.15, -0.1) is 0 Å². The molecule has 0 aliphatic carbocycles. The van der Waals surface area contributed by atoms with Gasteiger partial charge in [0.2, 0.25) is 0 Å². The third-order valence-corrected chi connectivity index (χ3v) is 6.21. The van der Waals surface area contributed by atoms with Crippen LogP contribution >= 0.6 is 0 Å². The fourth-order valence-corrected chi connectivity index (χ4v) is 4.42. The van der Waals surface area contributed by atoms with Crippen molar-refractivity contribution in [3.63, 3.8) is 0 Å². The van der Waals surface area contributed by atoms with Crippen LogP contribution in [0.4, 0.5) is 0 Å². The summed E-state index contributed by atoms with van der Waals surface area (Å²) < 4.78 is 6.03. The van der Waals surface area contributed by atoms with Gasteiger partial charge in [-0.1, -0.05) is 36.4 Å². The molecule has 2 unspecified atom stereocenters. The predicted molar refractivity (Wildman–Crippen MR) is 127 cm³/mol. The Morgan fingerprint density at radius 2 is 1.91 bits per heavy atom. The van der Waals surface area contributed by atoms with E-state index in [1.54, 1.807) is 12.4 Å². The van der Waals surface area contributed by atoms with Crippen LogP contribution in [0.3, 0.4) is 0 Å². The first-order valence-electron chi connectivity index (χ1n) is 11.2. The lowest BCUT2D eigenvalue weighted by Gasteiger charge is -2.25. The molecule has 1 saturated heterocycles. The van der Waals surface area contributed by atoms with Gasteiger partial charge in [0.05, 0.1) is 0 Å². The van der Waals surface area contributed by atoms with Crippen molar-refractivity contribution < 1.29 is 9.53 Å². The van der Waals surface area contributed by atoms with Gasteiger partial charge in [0.15, 0.2) is 0 Å². The van der Waals surface area contributed by atoms with Crippen LogP contribution in [0.2, 0.25) is 0 Å². The number of aromatic nitrogens is 1. The van der Waals surface area contributed by atoms with Crippen molar-refractivity contribution in [1.82, 2.24) is 15.2 Å². The van der Waals surface area contributed by atoms with E-state index in [2.05, 4.69) is 46.4 Å². The Morgan fingerprint density at radius 3 is 2.59 bits per heavy atom. The van der Waals surface area contributed by atoms with Crippen molar-refractivity contribution in [2.45, 2.75) is 45.9 Å². The first-order valence-corrected chi connectivity index (χ1v) is 11.2. The number of rotatable bonds is 7. The van der Waals surface area contributed by atoms with Gasteiger partial charge in [0.25, 0.3) is 5.91 Å². The summed E-state index contributed by atoms with van der Waals surface area (Å²) in [5.74, 6) is 0.809. The van der Waals surface area contributed by atoms with E-state index in [-0.39, 0.29) is 11.9 Å². The molecule has 1 fully saturated rings. The summed E-state index contributed by atoms with van der Waals surface area (Å²) >= 11 is 0. The molecule has 166 valence electrons. The third kappa shape index (κ3) is 5.17. The second-order valence-electron chi connectivity index (χ2n) is 8.63. The zero-order valence-corrected chi connectivity index (χ0v) is 19.0. The van der Waals surface area contributed by atoms with Crippen molar-refractivity contribution in [2.24, 2.45) is 0 Å². The van der Waals surface area contributed by atoms with Crippen LogP contribution in [0, 0.1) is 13.8 Å². The number of benzene rings is 2. The summed E-state index contributed by atoms with van der Waals surface area (Å²) in [6.45, 7) is 8.52. The van der Waals surface area contributed by atoms with Crippen LogP contribution < -0.4 is 10.1 Å². The van der Waals surface area contributed by atoms with Crippen molar-refractivity contribution in [3.8, 4) is 5.75 Å². The van der Waals surface area contributed by atoms with Crippen LogP contribution in [-0.4, -0.2) is 34.9 Å². The van der Waals surface area contributed by atoms with E-state index in [0.717, 1.165) is 42.0 Å². The third-order valence-electron chi connectivity index (χ3n) is 6.21. The molecule has 1 amide bonds. The van der Waals surface area contributed by atoms with Crippen LogP contribution in [-0.2, 0) is 6.61 Å². The maximum atomic E-state index is 13.0. The highest BCUT2D eigenvalue weighted by atomic mass is 16.5. The maximum absolute atomic E-state index is 13.0. The number of amides is 1. The van der Waals surface area contributed by atoms with E-state index >= 15 is 0 Å². The Morgan fingerprint density at radius 1 is 1.16 bits per heavy atom. The average Bonchev–Trinajstić information content (AvgIpc) is 3.27. The van der Waals surface area contributed by atoms with Crippen molar-refractivity contribution in [2.75, 3.05) is 13.1 Å². The normalized spacial score (nSPS) is 17.2. The molecule has 1 aliphatic heterocycles. The number of nitrogens with zero attached hydrogens (tertiary/aromatic N) is 2. The van der Waals surface area contributed by atoms with E-state index < -0.39 is 0 Å². The monoisotopic (exact) mass is 429 g/mol. The van der Waals surface area contributed by atoms with Crippen molar-refractivity contribution >= 4 is 5.91 Å². The molecule has 2 atom stereocenters. The number of pyridine rings is 1. The van der Waals surface area contributed by atoms with Gasteiger partial charge in [-0.3, -0.25) is 14.7 Å². The summed E-state index contributed by atoms with van der Waals surface area (Å²) in [6.07, 6.45) is 4.52. The summed E-state index contributed by atoms with van der Waals surface area (Å²) in [5.41, 5.74) is 4.94. The molecule has 5 nitrogen and oxygen atoms in total. The van der Waals surface area contributed by atoms with Crippen molar-refractivity contribution in [1.29, 1.82) is 0 Å². The van der Waals surface area contributed by atoms with Crippen LogP contribution in [0.25, 0.3) is 0 Å². The van der Waals surface area contributed by atoms with Crippen molar-refractivity contribution in [3.05, 3.63) is 94.8 Å². The SMILES string of the molecule is Cc1cc(C(=O)NC2CCN(C(C)c3ccccc3)C2)cc(C)c1OCc1cccnc1. The average molecular weight is 430 g/mol. The number of nitrogens with one attached hydrogen (secondary N) is 1. The van der Waals surface area contributed by atoms with E-state index in [9.17, 15) is 4.79 Å². The molecule has 2 aromatic carbocycles. The standard InChI is InChI=1S/C27H31N3O2/c1-19-14-24(15-20(2)26(19)32-18-22-8-7-12-28-16-22)27(31)29-25-11-13-30(17-25)21(3)23-9-5-4-6-10-23/h4-10,12,14-16,21,25H,11,13,17-18H2,1-3H3,(H,29,31). The Balaban J connectivity index is 1.36. The van der Waals surface area contributed by atoms with Gasteiger partial charge < -0.3 is 10.1 Å². The summed E-state index contributed by atoms with van der Waals surface area (Å²) in [6, 6.07) is 18.8. The Bertz CT molecular complexity index is 1030. The zero-order valence-electron chi connectivity index (χ0n) is 19.0. The fourth-order valence-electron chi connectivity index (χ4n) is 4.42. The minimum atomic E-state index is -0.0192. The molecule has 2 heterocycles. The molecule has 0 bridgehead atoms. The Labute approximate surface area is 190 Å². The molecular formula is C27H31N3O2. The van der Waals surface area contributed by atoms with Gasteiger partial charge in [0.1, 0.15) is 12.4 Å². The molecule has 1 aliphatic rings. The first-order chi connectivity index (χ1) is 15.5. The minimum absolute atomic E-state index is 0.0192. The van der Waals surface area contributed by atoms with E-state index in [1.807, 2.05) is 44.2 Å². The number of carbonyl (C=O) groups is 1. The lowest BCUT2D eigenvalue weighted by Crippen LogP contribution is -2.37. The smallest absolute Gasteiger partial charge is 0.251 e. The molecule has 0 spiro atoms. The van der Waals surface area contributed by atoms with E-state index in [4.69, 9.17) is 4.74 Å². The maximum Gasteiger partial charge on any atom is 0.251 e. The topological polar surface area (TPSA) is 54.5 Å². The molecule has 4 rings (SSSR count). The van der Waals surface area contributed by atoms with Gasteiger partial charge in [0, 0.05) is 48.7 Å². The number of carbonyl (C=O) groups excluding carboxylic acids is 1. The lowest BCUT2D eigenvalue weighted by molar-refractivity contribution is 0.0936. The zero-order chi connectivity index (χ0) is 22.5. The Kier molecular flexibility index (Phi) is 6.86. The highest BCUT2D eigenvalue weighted by Gasteiger charge is 2.28. The van der Waals surface area contributed by atoms with E-state index in [0.29, 0.717) is 18.2 Å². The second kappa shape index (κ2) is 9.96. The quantitative estimate of drug-likeness (QED) is 0.584. The number of ether oxygens (including phenoxy) is 1. The van der Waals surface area contributed by atoms with Crippen LogP contribution in [0.5, 0.6) is 5.75 Å². The number of hydrogen-bond acceptors (Lipinski definition) is 4. The molecule has 5 heteroatoms. The van der Waals surface area contributed by atoms with Gasteiger partial charge in [-0.2, -0.15) is 0 Å². The largest absolute Gasteiger partial charge is 0.488 e. The van der Waals surface area contributed by atoms with Crippen LogP contribution in [0.15, 0.2) is 67.0 Å². The van der Waals surface area contributed by atoms with Gasteiger partial charge >= 0.3 is 0 Å². The Hall–Kier alpha value is -3.18. The molecule has 3 aromatic rings. The summed E-state index contributed by atoms with van der Waals surface area (Å²) in [7, 11) is 0. The van der Waals surface area contributed by atoms with Gasteiger partial charge in [-0.05, 0) is 62.1 Å². The van der Waals surface area contributed by atoms with E-state index in [1.165, 1.54) is 5.56 Å². The highest BCUT2D eigenvalue weighted by Crippen LogP contribution is 2.27. The summed E-state index contributed by atoms with van der Waals surface area (Å²) in [4.78, 5) is 19.5. The molecule has 1 N–H and O–H groups in total. The van der Waals surface area contributed by atoms with Crippen LogP contribution in [0.1, 0.15) is 52.0 Å². The first kappa shape index (κ1) is 22.0. The molecule has 0 radical (unpaired) electrons. The molecule has 32 heavy (non-hydrogen) atoms.